The average molecular weight is 379 g/mol. The van der Waals surface area contributed by atoms with Gasteiger partial charge in [0, 0.05) is 45.2 Å². The van der Waals surface area contributed by atoms with Crippen LogP contribution >= 0.6 is 0 Å². The number of carbonyl (C=O) groups excluding carboxylic acids is 1. The molecule has 2 fully saturated rings. The molecule has 1 atom stereocenters. The van der Waals surface area contributed by atoms with Crippen LogP contribution in [-0.2, 0) is 13.1 Å². The Labute approximate surface area is 161 Å². The summed E-state index contributed by atoms with van der Waals surface area (Å²) in [5, 5.41) is 4.67. The minimum atomic E-state index is -0.0335. The van der Waals surface area contributed by atoms with Gasteiger partial charge in [-0.3, -0.25) is 4.57 Å². The summed E-state index contributed by atoms with van der Waals surface area (Å²) in [6, 6.07) is 0.164. The van der Waals surface area contributed by atoms with Gasteiger partial charge in [-0.25, -0.2) is 14.3 Å². The lowest BCUT2D eigenvalue weighted by molar-refractivity contribution is 0.129. The largest absolute Gasteiger partial charge is 0.345 e. The molecule has 0 unspecified atom stereocenters. The van der Waals surface area contributed by atoms with E-state index in [1.807, 2.05) is 30.8 Å². The van der Waals surface area contributed by atoms with Gasteiger partial charge in [0.15, 0.2) is 0 Å². The second-order valence-electron chi connectivity index (χ2n) is 8.03. The van der Waals surface area contributed by atoms with Crippen molar-refractivity contribution in [3.8, 4) is 0 Å². The van der Waals surface area contributed by atoms with Gasteiger partial charge < -0.3 is 14.7 Å². The summed E-state index contributed by atoms with van der Waals surface area (Å²) in [5.74, 6) is 0.984. The van der Waals surface area contributed by atoms with Gasteiger partial charge in [-0.1, -0.05) is 0 Å². The van der Waals surface area contributed by atoms with Gasteiger partial charge in [0.25, 0.3) is 0 Å². The monoisotopic (exact) mass is 378 g/mol. The van der Waals surface area contributed by atoms with E-state index < -0.39 is 0 Å². The van der Waals surface area contributed by atoms with Crippen molar-refractivity contribution >= 4 is 6.03 Å². The Morgan fingerprint density at radius 1 is 1.11 bits per heavy atom. The zero-order chi connectivity index (χ0) is 19.4. The molecule has 0 spiro atoms. The van der Waals surface area contributed by atoms with Crippen LogP contribution in [0.1, 0.15) is 50.8 Å². The third-order valence-electron chi connectivity index (χ3n) is 5.71. The molecular weight excluding hydrogens is 344 g/mol. The number of hydrogen-bond acceptors (Lipinski definition) is 4. The van der Waals surface area contributed by atoms with Crippen LogP contribution < -0.4 is 5.69 Å². The third-order valence-corrected chi connectivity index (χ3v) is 5.71. The lowest BCUT2D eigenvalue weighted by Gasteiger charge is -2.37. The Bertz CT molecular complexity index is 689. The highest BCUT2D eigenvalue weighted by Gasteiger charge is 2.31. The van der Waals surface area contributed by atoms with Crippen molar-refractivity contribution in [3.05, 3.63) is 16.3 Å². The Morgan fingerprint density at radius 2 is 1.81 bits per heavy atom. The number of aromatic nitrogens is 3. The van der Waals surface area contributed by atoms with Crippen LogP contribution in [0.25, 0.3) is 0 Å². The molecule has 0 bridgehead atoms. The normalized spacial score (nSPS) is 21.1. The maximum absolute atomic E-state index is 12.9. The predicted octanol–water partition coefficient (Wildman–Crippen LogP) is 1.41. The molecule has 8 nitrogen and oxygen atoms in total. The number of carbonyl (C=O) groups is 1. The van der Waals surface area contributed by atoms with Crippen molar-refractivity contribution < 1.29 is 4.79 Å². The highest BCUT2D eigenvalue weighted by molar-refractivity contribution is 5.74. The molecule has 3 heterocycles. The van der Waals surface area contributed by atoms with Gasteiger partial charge in [-0.15, -0.1) is 0 Å². The van der Waals surface area contributed by atoms with Gasteiger partial charge >= 0.3 is 11.7 Å². The first-order valence-corrected chi connectivity index (χ1v) is 10.4. The standard InChI is InChI=1S/C19H34N6O2/c1-4-24-17(20-25(19(24)27)14-13-21(2)3)16-9-8-12-23(15-16)18(26)22-10-6-5-7-11-22/h16H,4-15H2,1-3H3/t16-/m1/s1. The van der Waals surface area contributed by atoms with Crippen LogP contribution in [0, 0.1) is 0 Å². The summed E-state index contributed by atoms with van der Waals surface area (Å²) < 4.78 is 3.37. The summed E-state index contributed by atoms with van der Waals surface area (Å²) in [7, 11) is 3.99. The van der Waals surface area contributed by atoms with Crippen LogP contribution in [0.3, 0.4) is 0 Å². The highest BCUT2D eigenvalue weighted by Crippen LogP contribution is 2.26. The van der Waals surface area contributed by atoms with Gasteiger partial charge in [-0.05, 0) is 53.1 Å². The van der Waals surface area contributed by atoms with Crippen molar-refractivity contribution in [1.82, 2.24) is 29.0 Å². The fourth-order valence-electron chi connectivity index (χ4n) is 4.14. The topological polar surface area (TPSA) is 66.6 Å². The molecule has 2 amide bonds. The molecular formula is C19H34N6O2. The summed E-state index contributed by atoms with van der Waals surface area (Å²) >= 11 is 0. The second-order valence-corrected chi connectivity index (χ2v) is 8.03. The molecule has 1 aromatic rings. The highest BCUT2D eigenvalue weighted by atomic mass is 16.2. The molecule has 0 aromatic carbocycles. The summed E-state index contributed by atoms with van der Waals surface area (Å²) in [5.41, 5.74) is -0.0335. The van der Waals surface area contributed by atoms with Crippen molar-refractivity contribution in [3.63, 3.8) is 0 Å². The fraction of sp³-hybridized carbons (Fsp3) is 0.842. The fourth-order valence-corrected chi connectivity index (χ4v) is 4.14. The van der Waals surface area contributed by atoms with Gasteiger partial charge in [0.1, 0.15) is 5.82 Å². The van der Waals surface area contributed by atoms with Crippen molar-refractivity contribution in [1.29, 1.82) is 0 Å². The summed E-state index contributed by atoms with van der Waals surface area (Å²) in [6.45, 7) is 7.20. The average Bonchev–Trinajstić information content (AvgIpc) is 3.02. The quantitative estimate of drug-likeness (QED) is 0.777. The number of likely N-dealkylation sites (tertiary alicyclic amines) is 2. The molecule has 0 radical (unpaired) electrons. The first-order chi connectivity index (χ1) is 13.0. The summed E-state index contributed by atoms with van der Waals surface area (Å²) in [6.07, 6.45) is 5.38. The molecule has 152 valence electrons. The number of piperidine rings is 2. The van der Waals surface area contributed by atoms with Crippen molar-refractivity contribution in [2.45, 2.75) is 58.0 Å². The first kappa shape index (κ1) is 19.9. The van der Waals surface area contributed by atoms with E-state index in [0.717, 1.165) is 57.7 Å². The zero-order valence-electron chi connectivity index (χ0n) is 17.1. The molecule has 2 aliphatic heterocycles. The Hall–Kier alpha value is -1.83. The number of rotatable bonds is 5. The van der Waals surface area contributed by atoms with E-state index in [4.69, 9.17) is 0 Å². The van der Waals surface area contributed by atoms with E-state index in [1.165, 1.54) is 6.42 Å². The SMILES string of the molecule is CCn1c([C@@H]2CCCN(C(=O)N3CCCCC3)C2)nn(CCN(C)C)c1=O. The van der Waals surface area contributed by atoms with Gasteiger partial charge in [0.2, 0.25) is 0 Å². The van der Waals surface area contributed by atoms with E-state index in [9.17, 15) is 9.59 Å². The molecule has 0 aliphatic carbocycles. The minimum Gasteiger partial charge on any atom is -0.325 e. The van der Waals surface area contributed by atoms with Crippen LogP contribution in [0.15, 0.2) is 4.79 Å². The van der Waals surface area contributed by atoms with E-state index in [0.29, 0.717) is 19.6 Å². The number of urea groups is 1. The summed E-state index contributed by atoms with van der Waals surface area (Å²) in [4.78, 5) is 31.6. The smallest absolute Gasteiger partial charge is 0.325 e. The molecule has 2 saturated heterocycles. The van der Waals surface area contributed by atoms with Gasteiger partial charge in [-0.2, -0.15) is 5.10 Å². The maximum Gasteiger partial charge on any atom is 0.345 e. The zero-order valence-corrected chi connectivity index (χ0v) is 17.1. The van der Waals surface area contributed by atoms with Crippen LogP contribution in [0.2, 0.25) is 0 Å². The van der Waals surface area contributed by atoms with Crippen molar-refractivity contribution in [2.75, 3.05) is 46.8 Å². The lowest BCUT2D eigenvalue weighted by Crippen LogP contribution is -2.49. The first-order valence-electron chi connectivity index (χ1n) is 10.4. The van der Waals surface area contributed by atoms with Crippen LogP contribution in [0.4, 0.5) is 4.79 Å². The lowest BCUT2D eigenvalue weighted by atomic mass is 9.97. The van der Waals surface area contributed by atoms with E-state index in [1.54, 1.807) is 9.25 Å². The Balaban J connectivity index is 1.74. The van der Waals surface area contributed by atoms with E-state index in [2.05, 4.69) is 10.00 Å². The predicted molar refractivity (Wildman–Crippen MR) is 105 cm³/mol. The third kappa shape index (κ3) is 4.54. The molecule has 27 heavy (non-hydrogen) atoms. The van der Waals surface area contributed by atoms with E-state index in [-0.39, 0.29) is 17.6 Å². The van der Waals surface area contributed by atoms with Crippen molar-refractivity contribution in [2.24, 2.45) is 0 Å². The molecule has 8 heteroatoms. The minimum absolute atomic E-state index is 0.0335. The molecule has 1 aromatic heterocycles. The number of hydrogen-bond donors (Lipinski definition) is 0. The van der Waals surface area contributed by atoms with E-state index >= 15 is 0 Å². The van der Waals surface area contributed by atoms with Crippen LogP contribution in [-0.4, -0.2) is 81.9 Å². The molecule has 0 N–H and O–H groups in total. The number of amides is 2. The van der Waals surface area contributed by atoms with Gasteiger partial charge in [0.05, 0.1) is 6.54 Å². The van der Waals surface area contributed by atoms with Crippen LogP contribution in [0.5, 0.6) is 0 Å². The Morgan fingerprint density at radius 3 is 2.48 bits per heavy atom. The second kappa shape index (κ2) is 8.91. The maximum atomic E-state index is 12.9. The number of likely N-dealkylation sites (N-methyl/N-ethyl adjacent to an activating group) is 1. The Kier molecular flexibility index (Phi) is 6.57. The molecule has 2 aliphatic rings. The molecule has 0 saturated carbocycles. The molecule has 3 rings (SSSR count). The number of nitrogens with zero attached hydrogens (tertiary/aromatic N) is 6.